The zero-order chi connectivity index (χ0) is 15.0. The molecule has 1 rings (SSSR count). The lowest BCUT2D eigenvalue weighted by molar-refractivity contribution is -0.756. The molecule has 102 valence electrons. The van der Waals surface area contributed by atoms with Gasteiger partial charge in [-0.25, -0.2) is 0 Å². The van der Waals surface area contributed by atoms with Crippen LogP contribution < -0.4 is 10.4 Å². The Hall–Kier alpha value is -2.24. The minimum Gasteiger partial charge on any atom is -0.622 e. The van der Waals surface area contributed by atoms with Gasteiger partial charge in [0.05, 0.1) is 0 Å². The van der Waals surface area contributed by atoms with Gasteiger partial charge in [-0.3, -0.25) is 10.4 Å². The van der Waals surface area contributed by atoms with Gasteiger partial charge >= 0.3 is 12.4 Å². The van der Waals surface area contributed by atoms with Crippen LogP contribution in [0.2, 0.25) is 0 Å². The molecule has 1 aliphatic heterocycles. The zero-order valence-electron chi connectivity index (χ0n) is 8.57. The second kappa shape index (κ2) is 4.46. The molecular formula is C8H2F6N4O. The number of halogens is 6. The molecule has 0 saturated heterocycles. The monoisotopic (exact) mass is 284 g/mol. The van der Waals surface area contributed by atoms with Crippen molar-refractivity contribution in [1.29, 1.82) is 10.5 Å². The fourth-order valence-corrected chi connectivity index (χ4v) is 1.29. The fraction of sp³-hybridized carbons (Fsp3) is 0.250. The van der Waals surface area contributed by atoms with Crippen LogP contribution in [0.4, 0.5) is 26.3 Å². The lowest BCUT2D eigenvalue weighted by atomic mass is 10.2. The van der Waals surface area contributed by atoms with Crippen molar-refractivity contribution in [2.75, 3.05) is 0 Å². The van der Waals surface area contributed by atoms with Gasteiger partial charge in [-0.05, 0) is 0 Å². The molecule has 2 N–H and O–H groups in total. The number of nitrogens with zero attached hydrogens (tertiary/aromatic N) is 2. The molecule has 1 aliphatic rings. The second-order valence-electron chi connectivity index (χ2n) is 3.17. The van der Waals surface area contributed by atoms with E-state index in [1.165, 1.54) is 5.32 Å². The molecule has 0 fully saturated rings. The highest BCUT2D eigenvalue weighted by molar-refractivity contribution is 5.39. The summed E-state index contributed by atoms with van der Waals surface area (Å²) in [6.45, 7) is 0. The molecule has 0 radical (unpaired) electrons. The van der Waals surface area contributed by atoms with E-state index in [0.717, 1.165) is 12.1 Å². The molecule has 1 atom stereocenters. The highest BCUT2D eigenvalue weighted by Crippen LogP contribution is 2.39. The standard InChI is InChI=1S/C8H2F6N4O/c9-7(10,11)5(8(12,13)14)6-17-3(1-15)4(2-16)18(6)19/h17-18H. The predicted octanol–water partition coefficient (Wildman–Crippen LogP) is 0.567. The molecule has 0 aromatic rings. The summed E-state index contributed by atoms with van der Waals surface area (Å²) in [5.74, 6) is -1.87. The van der Waals surface area contributed by atoms with E-state index in [4.69, 9.17) is 10.5 Å². The molecule has 5 nitrogen and oxygen atoms in total. The quantitative estimate of drug-likeness (QED) is 0.503. The van der Waals surface area contributed by atoms with E-state index < -0.39 is 40.2 Å². The molecule has 0 aliphatic carbocycles. The molecular weight excluding hydrogens is 282 g/mol. The minimum atomic E-state index is -5.86. The smallest absolute Gasteiger partial charge is 0.428 e. The highest BCUT2D eigenvalue weighted by atomic mass is 19.4. The van der Waals surface area contributed by atoms with Gasteiger partial charge < -0.3 is 5.21 Å². The summed E-state index contributed by atoms with van der Waals surface area (Å²) >= 11 is 0. The normalized spacial score (nSPS) is 19.8. The molecule has 0 amide bonds. The molecule has 1 heterocycles. The first kappa shape index (κ1) is 14.8. The summed E-state index contributed by atoms with van der Waals surface area (Å²) in [4.78, 5) is 0. The number of quaternary nitrogens is 1. The highest BCUT2D eigenvalue weighted by Gasteiger charge is 2.57. The van der Waals surface area contributed by atoms with Crippen molar-refractivity contribution in [3.05, 3.63) is 28.0 Å². The van der Waals surface area contributed by atoms with E-state index >= 15 is 0 Å². The van der Waals surface area contributed by atoms with E-state index in [2.05, 4.69) is 0 Å². The minimum absolute atomic E-state index is 0.950. The Morgan fingerprint density at radius 3 is 1.79 bits per heavy atom. The van der Waals surface area contributed by atoms with Gasteiger partial charge in [0.25, 0.3) is 0 Å². The van der Waals surface area contributed by atoms with Gasteiger partial charge in [0.2, 0.25) is 17.1 Å². The average molecular weight is 284 g/mol. The van der Waals surface area contributed by atoms with Crippen LogP contribution in [-0.2, 0) is 0 Å². The van der Waals surface area contributed by atoms with Crippen LogP contribution in [0.15, 0.2) is 22.8 Å². The summed E-state index contributed by atoms with van der Waals surface area (Å²) in [6.07, 6.45) is -11.7. The summed E-state index contributed by atoms with van der Waals surface area (Å²) in [7, 11) is 0. The molecule has 19 heavy (non-hydrogen) atoms. The van der Waals surface area contributed by atoms with Crippen LogP contribution in [0, 0.1) is 27.9 Å². The Morgan fingerprint density at radius 1 is 1.05 bits per heavy atom. The number of alkyl halides is 6. The lowest BCUT2D eigenvalue weighted by Crippen LogP contribution is -3.03. The molecule has 0 saturated carbocycles. The SMILES string of the molecule is N#CC1=C(C#N)[NH+]([O-])C(=C(C(F)(F)F)C(F)(F)F)N1. The number of hydrogen-bond acceptors (Lipinski definition) is 4. The third kappa shape index (κ3) is 2.62. The summed E-state index contributed by atoms with van der Waals surface area (Å²) in [6, 6.07) is 2.22. The van der Waals surface area contributed by atoms with Crippen LogP contribution in [0.3, 0.4) is 0 Å². The average Bonchev–Trinajstić information content (AvgIpc) is 2.51. The van der Waals surface area contributed by atoms with E-state index in [1.807, 2.05) is 0 Å². The maximum atomic E-state index is 12.3. The van der Waals surface area contributed by atoms with Gasteiger partial charge in [0.15, 0.2) is 11.8 Å². The van der Waals surface area contributed by atoms with Crippen molar-refractivity contribution >= 4 is 0 Å². The molecule has 0 aromatic heterocycles. The Bertz CT molecular complexity index is 528. The zero-order valence-corrected chi connectivity index (χ0v) is 8.57. The molecule has 0 bridgehead atoms. The summed E-state index contributed by atoms with van der Waals surface area (Å²) in [5.41, 5.74) is -5.13. The van der Waals surface area contributed by atoms with Crippen molar-refractivity contribution < 1.29 is 31.4 Å². The van der Waals surface area contributed by atoms with Crippen molar-refractivity contribution in [1.82, 2.24) is 5.32 Å². The van der Waals surface area contributed by atoms with E-state index in [-0.39, 0.29) is 0 Å². The van der Waals surface area contributed by atoms with Crippen LogP contribution in [-0.4, -0.2) is 12.4 Å². The van der Waals surface area contributed by atoms with E-state index in [0.29, 0.717) is 0 Å². The van der Waals surface area contributed by atoms with Crippen molar-refractivity contribution in [2.24, 2.45) is 0 Å². The van der Waals surface area contributed by atoms with Gasteiger partial charge in [-0.15, -0.1) is 0 Å². The predicted molar refractivity (Wildman–Crippen MR) is 44.9 cm³/mol. The number of hydroxylamine groups is 2. The number of hydrogen-bond donors (Lipinski definition) is 2. The summed E-state index contributed by atoms with van der Waals surface area (Å²) < 4.78 is 74.1. The van der Waals surface area contributed by atoms with Gasteiger partial charge in [-0.2, -0.15) is 36.9 Å². The Kier molecular flexibility index (Phi) is 3.48. The van der Waals surface area contributed by atoms with E-state index in [1.54, 1.807) is 0 Å². The van der Waals surface area contributed by atoms with E-state index in [9.17, 15) is 31.5 Å². The van der Waals surface area contributed by atoms with Crippen LogP contribution in [0.5, 0.6) is 0 Å². The number of nitrogens with one attached hydrogen (secondary N) is 2. The number of rotatable bonds is 0. The topological polar surface area (TPSA) is 87.1 Å². The maximum absolute atomic E-state index is 12.3. The number of allylic oxidation sites excluding steroid dienone is 3. The van der Waals surface area contributed by atoms with Crippen LogP contribution >= 0.6 is 0 Å². The largest absolute Gasteiger partial charge is 0.622 e. The van der Waals surface area contributed by atoms with Gasteiger partial charge in [-0.1, -0.05) is 0 Å². The van der Waals surface area contributed by atoms with Gasteiger partial charge in [0, 0.05) is 0 Å². The van der Waals surface area contributed by atoms with Gasteiger partial charge in [0.1, 0.15) is 6.07 Å². The Labute approximate surface area is 101 Å². The second-order valence-corrected chi connectivity index (χ2v) is 3.17. The fourth-order valence-electron chi connectivity index (χ4n) is 1.29. The molecule has 1 unspecified atom stereocenters. The Morgan fingerprint density at radius 2 is 1.53 bits per heavy atom. The van der Waals surface area contributed by atoms with Crippen molar-refractivity contribution in [3.63, 3.8) is 0 Å². The summed E-state index contributed by atoms with van der Waals surface area (Å²) in [5, 5.41) is 27.7. The molecule has 0 aromatic carbocycles. The van der Waals surface area contributed by atoms with Crippen molar-refractivity contribution in [3.8, 4) is 12.1 Å². The first-order valence-electron chi connectivity index (χ1n) is 4.29. The Balaban J connectivity index is 3.49. The molecule has 0 spiro atoms. The lowest BCUT2D eigenvalue weighted by Gasteiger charge is -2.21. The third-order valence-electron chi connectivity index (χ3n) is 1.99. The van der Waals surface area contributed by atoms with Crippen LogP contribution in [0.25, 0.3) is 0 Å². The third-order valence-corrected chi connectivity index (χ3v) is 1.99. The number of nitriles is 2. The first-order valence-corrected chi connectivity index (χ1v) is 4.29. The van der Waals surface area contributed by atoms with Crippen molar-refractivity contribution in [2.45, 2.75) is 12.4 Å². The first-order chi connectivity index (χ1) is 8.54. The maximum Gasteiger partial charge on any atom is 0.428 e. The van der Waals surface area contributed by atoms with Crippen LogP contribution in [0.1, 0.15) is 0 Å². The molecule has 11 heteroatoms.